The first-order valence-corrected chi connectivity index (χ1v) is 12.2. The summed E-state index contributed by atoms with van der Waals surface area (Å²) in [6, 6.07) is 6.03. The lowest BCUT2D eigenvalue weighted by Crippen LogP contribution is -2.51. The van der Waals surface area contributed by atoms with Crippen molar-refractivity contribution < 1.29 is 13.2 Å². The van der Waals surface area contributed by atoms with Gasteiger partial charge in [-0.05, 0) is 37.3 Å². The average molecular weight is 407 g/mol. The number of rotatable bonds is 4. The van der Waals surface area contributed by atoms with Crippen molar-refractivity contribution in [1.29, 1.82) is 0 Å². The highest BCUT2D eigenvalue weighted by Gasteiger charge is 2.37. The van der Waals surface area contributed by atoms with Gasteiger partial charge in [0.15, 0.2) is 9.84 Å². The van der Waals surface area contributed by atoms with Crippen molar-refractivity contribution >= 4 is 21.6 Å². The maximum absolute atomic E-state index is 12.8. The minimum Gasteiger partial charge on any atom is -0.354 e. The van der Waals surface area contributed by atoms with E-state index in [4.69, 9.17) is 0 Å². The zero-order valence-corrected chi connectivity index (χ0v) is 17.2. The molecule has 0 aliphatic carbocycles. The van der Waals surface area contributed by atoms with E-state index in [1.807, 2.05) is 23.2 Å². The van der Waals surface area contributed by atoms with Crippen molar-refractivity contribution in [2.75, 3.05) is 62.2 Å². The Balaban J connectivity index is 1.26. The zero-order chi connectivity index (χ0) is 19.6. The molecule has 28 heavy (non-hydrogen) atoms. The molecule has 1 aromatic heterocycles. The molecule has 0 radical (unpaired) electrons. The summed E-state index contributed by atoms with van der Waals surface area (Å²) >= 11 is 0. The Bertz CT molecular complexity index is 778. The Labute approximate surface area is 167 Å². The van der Waals surface area contributed by atoms with E-state index in [-0.39, 0.29) is 23.3 Å². The quantitative estimate of drug-likeness (QED) is 0.739. The number of hydrogen-bond acceptors (Lipinski definition) is 6. The van der Waals surface area contributed by atoms with Gasteiger partial charge in [-0.25, -0.2) is 13.4 Å². The smallest absolute Gasteiger partial charge is 0.226 e. The molecular weight excluding hydrogens is 376 g/mol. The maximum Gasteiger partial charge on any atom is 0.226 e. The second kappa shape index (κ2) is 8.37. The Hall–Kier alpha value is -1.67. The topological polar surface area (TPSA) is 73.8 Å². The minimum atomic E-state index is -3.01. The average Bonchev–Trinajstić information content (AvgIpc) is 3.09. The molecule has 1 aromatic rings. The standard InChI is InChI=1S/C20H30N4O3S/c25-20(18-6-13-28(26,27)16-18)24-8-3-4-17(15-24)14-22-9-11-23(12-10-22)19-5-1-2-7-21-19/h1-2,5,7,17-18H,3-4,6,8-16H2. The van der Waals surface area contributed by atoms with Gasteiger partial charge < -0.3 is 9.80 Å². The number of pyridine rings is 1. The SMILES string of the molecule is O=C(C1CCS(=O)(=O)C1)N1CCCC(CN2CCN(c3ccccn3)CC2)C1. The van der Waals surface area contributed by atoms with Crippen LogP contribution in [0, 0.1) is 11.8 Å². The Morgan fingerprint density at radius 2 is 1.93 bits per heavy atom. The number of hydrogen-bond donors (Lipinski definition) is 0. The number of amides is 1. The number of nitrogens with zero attached hydrogens (tertiary/aromatic N) is 4. The number of aromatic nitrogens is 1. The van der Waals surface area contributed by atoms with Crippen molar-refractivity contribution in [2.45, 2.75) is 19.3 Å². The van der Waals surface area contributed by atoms with E-state index in [1.165, 1.54) is 0 Å². The predicted octanol–water partition coefficient (Wildman–Crippen LogP) is 0.877. The van der Waals surface area contributed by atoms with Gasteiger partial charge in [0, 0.05) is 52.0 Å². The highest BCUT2D eigenvalue weighted by Crippen LogP contribution is 2.25. The summed E-state index contributed by atoms with van der Waals surface area (Å²) in [5.41, 5.74) is 0. The van der Waals surface area contributed by atoms with Gasteiger partial charge in [-0.3, -0.25) is 9.69 Å². The molecule has 3 aliphatic heterocycles. The molecule has 3 saturated heterocycles. The lowest BCUT2D eigenvalue weighted by Gasteiger charge is -2.40. The van der Waals surface area contributed by atoms with Crippen LogP contribution in [0.1, 0.15) is 19.3 Å². The van der Waals surface area contributed by atoms with E-state index in [0.717, 1.165) is 64.5 Å². The van der Waals surface area contributed by atoms with Gasteiger partial charge in [-0.15, -0.1) is 0 Å². The molecule has 0 spiro atoms. The second-order valence-corrected chi connectivity index (χ2v) is 10.6. The van der Waals surface area contributed by atoms with Crippen LogP contribution in [0.5, 0.6) is 0 Å². The van der Waals surface area contributed by atoms with Gasteiger partial charge in [0.25, 0.3) is 0 Å². The van der Waals surface area contributed by atoms with Gasteiger partial charge in [0.2, 0.25) is 5.91 Å². The summed E-state index contributed by atoms with van der Waals surface area (Å²) in [5.74, 6) is 1.49. The third kappa shape index (κ3) is 4.66. The Kier molecular flexibility index (Phi) is 5.87. The van der Waals surface area contributed by atoms with E-state index in [2.05, 4.69) is 20.9 Å². The van der Waals surface area contributed by atoms with Crippen molar-refractivity contribution in [1.82, 2.24) is 14.8 Å². The van der Waals surface area contributed by atoms with Crippen LogP contribution in [-0.2, 0) is 14.6 Å². The highest BCUT2D eigenvalue weighted by molar-refractivity contribution is 7.91. The Morgan fingerprint density at radius 3 is 2.61 bits per heavy atom. The van der Waals surface area contributed by atoms with Gasteiger partial charge >= 0.3 is 0 Å². The summed E-state index contributed by atoms with van der Waals surface area (Å²) in [4.78, 5) is 24.0. The molecule has 2 atom stereocenters. The van der Waals surface area contributed by atoms with Crippen LogP contribution >= 0.6 is 0 Å². The molecule has 4 rings (SSSR count). The lowest BCUT2D eigenvalue weighted by molar-refractivity contribution is -0.136. The van der Waals surface area contributed by atoms with E-state index in [0.29, 0.717) is 12.3 Å². The molecule has 8 heteroatoms. The van der Waals surface area contributed by atoms with Crippen molar-refractivity contribution in [2.24, 2.45) is 11.8 Å². The molecule has 0 N–H and O–H groups in total. The van der Waals surface area contributed by atoms with E-state index < -0.39 is 9.84 Å². The normalized spacial score (nSPS) is 28.4. The number of anilines is 1. The van der Waals surface area contributed by atoms with Crippen LogP contribution in [0.4, 0.5) is 5.82 Å². The minimum absolute atomic E-state index is 0.0441. The summed E-state index contributed by atoms with van der Waals surface area (Å²) in [5, 5.41) is 0. The number of carbonyl (C=O) groups excluding carboxylic acids is 1. The summed E-state index contributed by atoms with van der Waals surface area (Å²) in [6.45, 7) is 6.56. The molecule has 0 bridgehead atoms. The maximum atomic E-state index is 12.8. The van der Waals surface area contributed by atoms with Gasteiger partial charge in [-0.1, -0.05) is 6.07 Å². The van der Waals surface area contributed by atoms with Crippen LogP contribution in [0.15, 0.2) is 24.4 Å². The van der Waals surface area contributed by atoms with E-state index in [9.17, 15) is 13.2 Å². The van der Waals surface area contributed by atoms with Crippen LogP contribution < -0.4 is 4.90 Å². The summed E-state index contributed by atoms with van der Waals surface area (Å²) in [7, 11) is -3.01. The lowest BCUT2D eigenvalue weighted by atomic mass is 9.95. The largest absolute Gasteiger partial charge is 0.354 e. The summed E-state index contributed by atoms with van der Waals surface area (Å²) < 4.78 is 23.4. The third-order valence-electron chi connectivity index (χ3n) is 6.27. The van der Waals surface area contributed by atoms with Crippen molar-refractivity contribution in [3.8, 4) is 0 Å². The zero-order valence-electron chi connectivity index (χ0n) is 16.4. The first-order chi connectivity index (χ1) is 13.5. The van der Waals surface area contributed by atoms with Crippen LogP contribution in [0.25, 0.3) is 0 Å². The molecule has 1 amide bonds. The highest BCUT2D eigenvalue weighted by atomic mass is 32.2. The van der Waals surface area contributed by atoms with Gasteiger partial charge in [-0.2, -0.15) is 0 Å². The van der Waals surface area contributed by atoms with Crippen molar-refractivity contribution in [3.05, 3.63) is 24.4 Å². The van der Waals surface area contributed by atoms with Gasteiger partial charge in [0.1, 0.15) is 5.82 Å². The molecule has 0 saturated carbocycles. The van der Waals surface area contributed by atoms with Crippen LogP contribution in [0.2, 0.25) is 0 Å². The van der Waals surface area contributed by atoms with E-state index in [1.54, 1.807) is 0 Å². The van der Waals surface area contributed by atoms with Crippen LogP contribution in [-0.4, -0.2) is 86.4 Å². The van der Waals surface area contributed by atoms with Crippen LogP contribution in [0.3, 0.4) is 0 Å². The third-order valence-corrected chi connectivity index (χ3v) is 8.04. The second-order valence-electron chi connectivity index (χ2n) is 8.37. The predicted molar refractivity (Wildman–Crippen MR) is 109 cm³/mol. The van der Waals surface area contributed by atoms with E-state index >= 15 is 0 Å². The number of likely N-dealkylation sites (tertiary alicyclic amines) is 1. The number of piperidine rings is 1. The molecule has 3 aliphatic rings. The fraction of sp³-hybridized carbons (Fsp3) is 0.700. The molecular formula is C20H30N4O3S. The molecule has 7 nitrogen and oxygen atoms in total. The first kappa shape index (κ1) is 19.6. The van der Waals surface area contributed by atoms with Crippen molar-refractivity contribution in [3.63, 3.8) is 0 Å². The Morgan fingerprint density at radius 1 is 1.11 bits per heavy atom. The fourth-order valence-corrected chi connectivity index (χ4v) is 6.46. The monoisotopic (exact) mass is 406 g/mol. The number of sulfone groups is 1. The molecule has 4 heterocycles. The summed E-state index contributed by atoms with van der Waals surface area (Å²) in [6.07, 6.45) is 4.50. The molecule has 154 valence electrons. The van der Waals surface area contributed by atoms with Gasteiger partial charge in [0.05, 0.1) is 17.4 Å². The fourth-order valence-electron chi connectivity index (χ4n) is 4.73. The first-order valence-electron chi connectivity index (χ1n) is 10.4. The molecule has 2 unspecified atom stereocenters. The molecule has 3 fully saturated rings. The molecule has 0 aromatic carbocycles. The number of carbonyl (C=O) groups is 1. The number of piperazine rings is 1.